The molecule has 0 spiro atoms. The number of carboxylic acid groups (broad SMARTS) is 4. The highest BCUT2D eigenvalue weighted by Gasteiger charge is 2.39. The largest absolute Gasteiger partial charge is 0.481 e. The fourth-order valence-corrected chi connectivity index (χ4v) is 12.2. The second-order valence-electron chi connectivity index (χ2n) is 29.8. The molecule has 690 valence electrons. The molecule has 4 rings (SSSR count). The van der Waals surface area contributed by atoms with E-state index in [4.69, 9.17) is 11.5 Å². The number of hydrogen-bond acceptors (Lipinski definition) is 23. The standard InChI is InChI=1S/C79H115N23O24/c1-6-7-21-50(68(115)100-58(35-62(109)110)76(123)101-59(39-103)78(125)126)94-75(122)57(34-48-38-86-40-88-48)99-74(121)56(33-47-19-14-29-85-37-47)97-69(116)51(22-15-30-87-79(82)83)93-70(117)52(23-25-60(105)106)95-72(119)54(31-45-16-9-8-10-17-45)98-73(120)55(32-46-18-13-28-84-36-46)96-66(113)43(4)90-64(111)41(2)89-65(112)42(3)91-77(124)63(44(5)104)102-71(118)53(24-26-61(107)108)92-67(114)49(81)20-11-12-27-80/h8-10,13-14,16-19,28-29,36-38,40-44,49-59,63,103-104H,6-7,11-12,15,20-27,30-35,39,80-81H2,1-5H3,(H,86,88)(H,89,112)(H,90,111)(H,91,124)(H,92,114)(H,93,117)(H,94,122)(H,95,119)(H,96,113)(H,97,116)(H,98,120)(H,99,121)(H,100,115)(H,101,123)(H,102,118)(H,105,106)(H,107,108)(H,109,110)(H,125,126)(H4,82,83,87)/p+3/t41-,42-,43-,44+,49-,50-,51-,52-,53-,54-,55-,56-,57-,58-,59-,63-/m0/s1. The third-order valence-electron chi connectivity index (χ3n) is 19.3. The highest BCUT2D eigenvalue weighted by Crippen LogP contribution is 2.14. The maximum absolute atomic E-state index is 15.0. The molecule has 0 aliphatic heterocycles. The van der Waals surface area contributed by atoms with Crippen molar-refractivity contribution in [2.45, 2.75) is 241 Å². The van der Waals surface area contributed by atoms with Crippen molar-refractivity contribution in [2.24, 2.45) is 11.5 Å². The van der Waals surface area contributed by atoms with Crippen LogP contribution in [0.25, 0.3) is 0 Å². The lowest BCUT2D eigenvalue weighted by molar-refractivity contribution is -0.459. The number of H-pyrrole nitrogens is 1. The summed E-state index contributed by atoms with van der Waals surface area (Å²) in [6, 6.07) is -9.92. The molecule has 1 aromatic carbocycles. The SMILES string of the molecule is CCCC[C@H](NC(=O)[C@H](Cc1c[nH]cn1)NC(=O)[C@H](Cc1cccnc1)NC(=O)[C@H](CCC[NH+]=C(N)N)NC(=O)[C@H](CCC(=O)O)NC(=O)[C@H](Cc1ccccc1)NC(=O)[C@H](Cc1cccnc1)NC(=O)[C@H](C)NC(=O)[C@H](C)NC(=O)[C@H](C)NC(=O)[C@@H](NC(=O)[C@H](CCC(=O)O)NC(=O)[C@@H]([NH3+])CCCC[NH3+])[C@@H](C)O)C(=O)N[C@@H](CC(=O)O)C(=O)N[C@@H](CO)C(=O)O. The predicted octanol–water partition coefficient (Wildman–Crippen LogP) is -10.7. The zero-order valence-electron chi connectivity index (χ0n) is 70.5. The highest BCUT2D eigenvalue weighted by atomic mass is 16.4. The Morgan fingerprint density at radius 2 is 0.817 bits per heavy atom. The first-order valence-electron chi connectivity index (χ1n) is 40.7. The number of aliphatic hydroxyl groups excluding tert-OH is 2. The number of pyridine rings is 2. The number of nitrogens with zero attached hydrogens (tertiary/aromatic N) is 3. The average molecular weight is 1770 g/mol. The number of guanidine groups is 1. The van der Waals surface area contributed by atoms with Crippen LogP contribution in [0.5, 0.6) is 0 Å². The number of benzene rings is 1. The maximum Gasteiger partial charge on any atom is 0.338 e. The molecule has 0 unspecified atom stereocenters. The fourth-order valence-electron chi connectivity index (χ4n) is 12.2. The molecule has 0 saturated heterocycles. The number of aliphatic carboxylic acids is 4. The van der Waals surface area contributed by atoms with E-state index >= 15 is 4.79 Å². The molecule has 0 saturated carbocycles. The Hall–Kier alpha value is -13.7. The van der Waals surface area contributed by atoms with Crippen molar-refractivity contribution in [1.82, 2.24) is 94.4 Å². The maximum atomic E-state index is 15.0. The Kier molecular flexibility index (Phi) is 45.4. The number of unbranched alkanes of at least 4 members (excludes halogenated alkanes) is 2. The van der Waals surface area contributed by atoms with E-state index in [9.17, 15) is 112 Å². The number of carbonyl (C=O) groups is 18. The number of carbonyl (C=O) groups excluding carboxylic acids is 14. The molecule has 3 aromatic heterocycles. The number of carboxylic acids is 4. The van der Waals surface area contributed by atoms with Crippen LogP contribution < -0.4 is 102 Å². The summed E-state index contributed by atoms with van der Waals surface area (Å²) in [6.45, 7) is 5.99. The number of aromatic nitrogens is 4. The van der Waals surface area contributed by atoms with Gasteiger partial charge in [0, 0.05) is 75.9 Å². The van der Waals surface area contributed by atoms with Gasteiger partial charge in [0.1, 0.15) is 84.6 Å². The van der Waals surface area contributed by atoms with Crippen LogP contribution in [0.15, 0.2) is 91.9 Å². The summed E-state index contributed by atoms with van der Waals surface area (Å²) in [4.78, 5) is 263. The van der Waals surface area contributed by atoms with Gasteiger partial charge in [0.15, 0.2) is 6.04 Å². The fraction of sp³-hybridized carbons (Fsp3) is 0.519. The number of aliphatic hydroxyl groups is 2. The predicted molar refractivity (Wildman–Crippen MR) is 441 cm³/mol. The second kappa shape index (κ2) is 54.7. The minimum absolute atomic E-state index is 0.0233. The molecule has 0 aliphatic carbocycles. The van der Waals surface area contributed by atoms with Gasteiger partial charge in [0.05, 0.1) is 44.2 Å². The van der Waals surface area contributed by atoms with E-state index in [2.05, 4.69) is 106 Å². The lowest BCUT2D eigenvalue weighted by atomic mass is 10.0. The molecule has 4 aromatic rings. The van der Waals surface area contributed by atoms with Gasteiger partial charge in [0.25, 0.3) is 5.91 Å². The summed E-state index contributed by atoms with van der Waals surface area (Å²) in [5, 5.41) is 92.7. The van der Waals surface area contributed by atoms with E-state index in [1.165, 1.54) is 70.2 Å². The molecule has 32 N–H and O–H groups in total. The first-order chi connectivity index (χ1) is 59.7. The van der Waals surface area contributed by atoms with Crippen molar-refractivity contribution in [3.05, 3.63) is 114 Å². The zero-order chi connectivity index (χ0) is 93.7. The summed E-state index contributed by atoms with van der Waals surface area (Å²) >= 11 is 0. The van der Waals surface area contributed by atoms with Gasteiger partial charge in [-0.2, -0.15) is 0 Å². The Balaban J connectivity index is 1.63. The molecular weight excluding hydrogens is 1660 g/mol. The molecule has 0 fully saturated rings. The van der Waals surface area contributed by atoms with Gasteiger partial charge in [0.2, 0.25) is 76.8 Å². The van der Waals surface area contributed by atoms with Crippen LogP contribution >= 0.6 is 0 Å². The monoisotopic (exact) mass is 1770 g/mol. The van der Waals surface area contributed by atoms with Crippen molar-refractivity contribution < 1.29 is 133 Å². The Bertz CT molecular complexity index is 4340. The minimum Gasteiger partial charge on any atom is -0.481 e. The van der Waals surface area contributed by atoms with Gasteiger partial charge < -0.3 is 122 Å². The smallest absolute Gasteiger partial charge is 0.338 e. The van der Waals surface area contributed by atoms with Crippen LogP contribution in [-0.4, -0.2) is 280 Å². The van der Waals surface area contributed by atoms with Crippen LogP contribution in [0.3, 0.4) is 0 Å². The first kappa shape index (κ1) is 105. The van der Waals surface area contributed by atoms with Gasteiger partial charge in [-0.25, -0.2) is 9.78 Å². The summed E-state index contributed by atoms with van der Waals surface area (Å²) in [5.41, 5.74) is 20.2. The minimum atomic E-state index is -1.94. The average Bonchev–Trinajstić information content (AvgIpc) is 1.08. The zero-order valence-corrected chi connectivity index (χ0v) is 70.5. The Morgan fingerprint density at radius 3 is 1.23 bits per heavy atom. The number of aromatic amines is 1. The van der Waals surface area contributed by atoms with Gasteiger partial charge >= 0.3 is 29.8 Å². The Labute approximate surface area is 723 Å². The quantitative estimate of drug-likeness (QED) is 0.0111. The molecule has 0 aliphatic rings. The van der Waals surface area contributed by atoms with Crippen molar-refractivity contribution >= 4 is 113 Å². The molecule has 47 nitrogen and oxygen atoms in total. The normalized spacial score (nSPS) is 14.8. The third kappa shape index (κ3) is 38.4. The number of nitrogens with two attached hydrogens (primary N) is 2. The molecule has 16 atom stereocenters. The van der Waals surface area contributed by atoms with Gasteiger partial charge in [-0.1, -0.05) is 62.2 Å². The molecule has 0 radical (unpaired) electrons. The second-order valence-corrected chi connectivity index (χ2v) is 29.8. The van der Waals surface area contributed by atoms with Gasteiger partial charge in [-0.3, -0.25) is 108 Å². The van der Waals surface area contributed by atoms with E-state index in [0.29, 0.717) is 48.9 Å². The van der Waals surface area contributed by atoms with Gasteiger partial charge in [-0.05, 0) is 101 Å². The van der Waals surface area contributed by atoms with Crippen molar-refractivity contribution in [2.75, 3.05) is 19.7 Å². The number of quaternary nitrogens is 2. The number of imidazole rings is 1. The van der Waals surface area contributed by atoms with Crippen LogP contribution in [0.2, 0.25) is 0 Å². The van der Waals surface area contributed by atoms with Crippen LogP contribution in [0, 0.1) is 0 Å². The van der Waals surface area contributed by atoms with Crippen molar-refractivity contribution in [3.8, 4) is 0 Å². The van der Waals surface area contributed by atoms with Crippen molar-refractivity contribution in [1.29, 1.82) is 0 Å². The molecule has 126 heavy (non-hydrogen) atoms. The molecule has 3 heterocycles. The molecule has 0 bridgehead atoms. The lowest BCUT2D eigenvalue weighted by Crippen LogP contribution is -2.78. The van der Waals surface area contributed by atoms with Gasteiger partial charge in [-0.15, -0.1) is 0 Å². The van der Waals surface area contributed by atoms with Crippen LogP contribution in [-0.2, 0) is 112 Å². The number of rotatable bonds is 58. The van der Waals surface area contributed by atoms with E-state index in [0.717, 1.165) is 6.92 Å². The summed E-state index contributed by atoms with van der Waals surface area (Å²) in [5.74, 6) is -21.0. The first-order valence-corrected chi connectivity index (χ1v) is 40.7. The topological polar surface area (TPSA) is 773 Å². The highest BCUT2D eigenvalue weighted by molar-refractivity contribution is 6.01. The third-order valence-corrected chi connectivity index (χ3v) is 19.3. The van der Waals surface area contributed by atoms with E-state index < -0.39 is 248 Å². The summed E-state index contributed by atoms with van der Waals surface area (Å²) in [7, 11) is 0. The molecular formula is C79H118N23O24+3. The number of hydrogen-bond donors (Lipinski definition) is 26. The number of amides is 14. The number of nitrogens with one attached hydrogen (secondary N) is 16. The lowest BCUT2D eigenvalue weighted by Gasteiger charge is -2.28. The molecule has 14 amide bonds. The van der Waals surface area contributed by atoms with Crippen LogP contribution in [0.1, 0.15) is 140 Å². The van der Waals surface area contributed by atoms with Crippen molar-refractivity contribution in [3.63, 3.8) is 0 Å². The summed E-state index contributed by atoms with van der Waals surface area (Å²) in [6.07, 6.45) is 3.44. The van der Waals surface area contributed by atoms with E-state index in [1.54, 1.807) is 49.4 Å². The molecule has 47 heteroatoms. The van der Waals surface area contributed by atoms with E-state index in [-0.39, 0.29) is 63.1 Å². The van der Waals surface area contributed by atoms with Crippen LogP contribution in [0.4, 0.5) is 0 Å². The van der Waals surface area contributed by atoms with E-state index in [1.807, 2.05) is 5.32 Å². The Morgan fingerprint density at radius 1 is 0.429 bits per heavy atom. The summed E-state index contributed by atoms with van der Waals surface area (Å²) < 4.78 is 0.